The van der Waals surface area contributed by atoms with Gasteiger partial charge in [0.2, 0.25) is 0 Å². The molecule has 1 aliphatic rings. The Morgan fingerprint density at radius 1 is 1.40 bits per heavy atom. The molecule has 1 aliphatic heterocycles. The summed E-state index contributed by atoms with van der Waals surface area (Å²) in [5, 5.41) is 3.30. The van der Waals surface area contributed by atoms with E-state index in [9.17, 15) is 0 Å². The zero-order valence-corrected chi connectivity index (χ0v) is 7.22. The molecule has 0 aromatic heterocycles. The molecule has 2 atom stereocenters. The van der Waals surface area contributed by atoms with Gasteiger partial charge in [0.25, 0.3) is 0 Å². The molecule has 0 aromatic carbocycles. The molecule has 1 N–H and O–H groups in total. The molecule has 2 nitrogen and oxygen atoms in total. The number of nitrogens with one attached hydrogen (secondary N) is 1. The summed E-state index contributed by atoms with van der Waals surface area (Å²) in [5.74, 6) is 0.884. The monoisotopic (exact) mass is 142 g/mol. The molecule has 0 aliphatic carbocycles. The molecule has 0 spiro atoms. The molecule has 0 saturated carbocycles. The van der Waals surface area contributed by atoms with Crippen LogP contribution in [0, 0.1) is 5.92 Å². The smallest absolute Gasteiger partial charge is 0.0592 e. The summed E-state index contributed by atoms with van der Waals surface area (Å²) in [6.45, 7) is 3.56. The number of likely N-dealkylation sites (tertiary alicyclic amines) is 1. The van der Waals surface area contributed by atoms with Crippen LogP contribution in [-0.2, 0) is 0 Å². The molecule has 0 aromatic rings. The third-order valence-corrected chi connectivity index (χ3v) is 2.40. The quantitative estimate of drug-likeness (QED) is 0.585. The number of nitrogens with zero attached hydrogens (tertiary/aromatic N) is 1. The van der Waals surface area contributed by atoms with Crippen molar-refractivity contribution in [3.05, 3.63) is 0 Å². The first kappa shape index (κ1) is 8.02. The lowest BCUT2D eigenvalue weighted by atomic mass is 9.99. The minimum absolute atomic E-state index is 0.621. The van der Waals surface area contributed by atoms with Crippen molar-refractivity contribution in [1.82, 2.24) is 10.2 Å². The minimum atomic E-state index is 0.621. The summed E-state index contributed by atoms with van der Waals surface area (Å²) in [6.07, 6.45) is 3.29. The Kier molecular flexibility index (Phi) is 2.69. The summed E-state index contributed by atoms with van der Waals surface area (Å²) in [4.78, 5) is 2.40. The summed E-state index contributed by atoms with van der Waals surface area (Å²) >= 11 is 0. The maximum absolute atomic E-state index is 3.30. The lowest BCUT2D eigenvalue weighted by Gasteiger charge is -2.35. The van der Waals surface area contributed by atoms with Gasteiger partial charge in [0.05, 0.1) is 6.17 Å². The van der Waals surface area contributed by atoms with E-state index in [1.807, 2.05) is 7.05 Å². The Bertz CT molecular complexity index is 103. The van der Waals surface area contributed by atoms with E-state index in [2.05, 4.69) is 24.2 Å². The highest BCUT2D eigenvalue weighted by molar-refractivity contribution is 4.74. The largest absolute Gasteiger partial charge is 0.305 e. The van der Waals surface area contributed by atoms with E-state index in [1.54, 1.807) is 0 Å². The molecule has 0 unspecified atom stereocenters. The van der Waals surface area contributed by atoms with Crippen LogP contribution in [0.4, 0.5) is 0 Å². The van der Waals surface area contributed by atoms with Crippen LogP contribution in [0.1, 0.15) is 19.8 Å². The Morgan fingerprint density at radius 3 is 2.60 bits per heavy atom. The van der Waals surface area contributed by atoms with Crippen LogP contribution in [0.5, 0.6) is 0 Å². The maximum Gasteiger partial charge on any atom is 0.0592 e. The zero-order valence-electron chi connectivity index (χ0n) is 7.22. The Labute approximate surface area is 63.6 Å². The van der Waals surface area contributed by atoms with Crippen molar-refractivity contribution in [1.29, 1.82) is 0 Å². The Morgan fingerprint density at radius 2 is 2.10 bits per heavy atom. The van der Waals surface area contributed by atoms with Crippen LogP contribution in [0.3, 0.4) is 0 Å². The fourth-order valence-electron chi connectivity index (χ4n) is 1.74. The highest BCUT2D eigenvalue weighted by atomic mass is 15.2. The lowest BCUT2D eigenvalue weighted by Crippen LogP contribution is -2.47. The molecule has 10 heavy (non-hydrogen) atoms. The maximum atomic E-state index is 3.30. The van der Waals surface area contributed by atoms with Gasteiger partial charge in [-0.05, 0) is 32.9 Å². The van der Waals surface area contributed by atoms with Crippen molar-refractivity contribution < 1.29 is 0 Å². The molecular weight excluding hydrogens is 124 g/mol. The van der Waals surface area contributed by atoms with E-state index in [0.29, 0.717) is 6.17 Å². The van der Waals surface area contributed by atoms with Crippen LogP contribution < -0.4 is 5.32 Å². The van der Waals surface area contributed by atoms with Crippen LogP contribution in [0.15, 0.2) is 0 Å². The number of hydrogen-bond donors (Lipinski definition) is 1. The first-order valence-corrected chi connectivity index (χ1v) is 4.11. The van der Waals surface area contributed by atoms with Crippen LogP contribution in [0.2, 0.25) is 0 Å². The highest BCUT2D eigenvalue weighted by Gasteiger charge is 2.20. The van der Waals surface area contributed by atoms with Gasteiger partial charge in [-0.2, -0.15) is 0 Å². The third kappa shape index (κ3) is 1.70. The average molecular weight is 142 g/mol. The van der Waals surface area contributed by atoms with Crippen molar-refractivity contribution in [3.63, 3.8) is 0 Å². The third-order valence-electron chi connectivity index (χ3n) is 2.40. The molecule has 1 heterocycles. The first-order valence-electron chi connectivity index (χ1n) is 4.11. The first-order chi connectivity index (χ1) is 4.74. The number of piperidine rings is 1. The van der Waals surface area contributed by atoms with Gasteiger partial charge in [-0.25, -0.2) is 0 Å². The van der Waals surface area contributed by atoms with E-state index < -0.39 is 0 Å². The fourth-order valence-corrected chi connectivity index (χ4v) is 1.74. The van der Waals surface area contributed by atoms with E-state index in [4.69, 9.17) is 0 Å². The van der Waals surface area contributed by atoms with Crippen LogP contribution in [0.25, 0.3) is 0 Å². The molecule has 0 bridgehead atoms. The molecule has 1 rings (SSSR count). The summed E-state index contributed by atoms with van der Waals surface area (Å²) in [7, 11) is 4.23. The van der Waals surface area contributed by atoms with Crippen molar-refractivity contribution >= 4 is 0 Å². The van der Waals surface area contributed by atoms with E-state index in [1.165, 1.54) is 19.4 Å². The Hall–Kier alpha value is -0.0800. The summed E-state index contributed by atoms with van der Waals surface area (Å²) in [5.41, 5.74) is 0. The fraction of sp³-hybridized carbons (Fsp3) is 1.00. The summed E-state index contributed by atoms with van der Waals surface area (Å²) in [6, 6.07) is 0. The minimum Gasteiger partial charge on any atom is -0.305 e. The second kappa shape index (κ2) is 3.35. The van der Waals surface area contributed by atoms with Gasteiger partial charge in [0.15, 0.2) is 0 Å². The Balaban J connectivity index is 2.36. The van der Waals surface area contributed by atoms with Crippen molar-refractivity contribution in [2.75, 3.05) is 20.6 Å². The van der Waals surface area contributed by atoms with Gasteiger partial charge in [-0.15, -0.1) is 0 Å². The predicted octanol–water partition coefficient (Wildman–Crippen LogP) is 0.894. The molecule has 1 fully saturated rings. The summed E-state index contributed by atoms with van der Waals surface area (Å²) < 4.78 is 0. The van der Waals surface area contributed by atoms with Gasteiger partial charge >= 0.3 is 0 Å². The molecule has 1 saturated heterocycles. The van der Waals surface area contributed by atoms with Gasteiger partial charge < -0.3 is 5.32 Å². The molecule has 2 heteroatoms. The zero-order chi connectivity index (χ0) is 7.56. The second-order valence-corrected chi connectivity index (χ2v) is 3.43. The topological polar surface area (TPSA) is 15.3 Å². The predicted molar refractivity (Wildman–Crippen MR) is 43.9 cm³/mol. The molecule has 0 radical (unpaired) electrons. The molecule has 0 amide bonds. The van der Waals surface area contributed by atoms with Gasteiger partial charge in [0, 0.05) is 6.54 Å². The van der Waals surface area contributed by atoms with Gasteiger partial charge in [0.1, 0.15) is 0 Å². The van der Waals surface area contributed by atoms with Crippen molar-refractivity contribution in [2.45, 2.75) is 25.9 Å². The second-order valence-electron chi connectivity index (χ2n) is 3.43. The van der Waals surface area contributed by atoms with E-state index in [0.717, 1.165) is 5.92 Å². The standard InChI is InChI=1S/C8H18N2/c1-7-4-5-8(9-2)10(3)6-7/h7-9H,4-6H2,1-3H3/t7-,8-/m1/s1. The number of hydrogen-bond acceptors (Lipinski definition) is 2. The van der Waals surface area contributed by atoms with E-state index >= 15 is 0 Å². The lowest BCUT2D eigenvalue weighted by molar-refractivity contribution is 0.126. The van der Waals surface area contributed by atoms with Gasteiger partial charge in [-0.1, -0.05) is 6.92 Å². The number of rotatable bonds is 1. The van der Waals surface area contributed by atoms with Crippen molar-refractivity contribution in [3.8, 4) is 0 Å². The van der Waals surface area contributed by atoms with E-state index in [-0.39, 0.29) is 0 Å². The normalized spacial score (nSPS) is 36.3. The molecular formula is C8H18N2. The van der Waals surface area contributed by atoms with Gasteiger partial charge in [-0.3, -0.25) is 4.90 Å². The SMILES string of the molecule is CN[C@H]1CC[C@@H](C)CN1C. The van der Waals surface area contributed by atoms with Crippen LogP contribution in [-0.4, -0.2) is 31.7 Å². The van der Waals surface area contributed by atoms with Crippen molar-refractivity contribution in [2.24, 2.45) is 5.92 Å². The van der Waals surface area contributed by atoms with Crippen LogP contribution >= 0.6 is 0 Å². The molecule has 60 valence electrons. The highest BCUT2D eigenvalue weighted by Crippen LogP contribution is 2.17. The average Bonchev–Trinajstić information content (AvgIpc) is 1.88.